The molecule has 1 amide bonds. The lowest BCUT2D eigenvalue weighted by atomic mass is 9.86. The van der Waals surface area contributed by atoms with Crippen molar-refractivity contribution in [1.82, 2.24) is 19.7 Å². The van der Waals surface area contributed by atoms with Crippen LogP contribution >= 0.6 is 0 Å². The van der Waals surface area contributed by atoms with Gasteiger partial charge >= 0.3 is 6.09 Å². The standard InChI is InChI=1S/C23H23FN4O3/c24-17-8-11-20-16(12-17)13-27(23(29)30)14-21-25-26-22(28(20)21)15-6-9-19(10-7-15)31-18-4-2-1-3-5-18/h1-5,8,11-12,15,19H,6-7,9-10,13-14H2,(H,29,30)/t15-,19-. The Balaban J connectivity index is 1.41. The minimum Gasteiger partial charge on any atom is -0.490 e. The van der Waals surface area contributed by atoms with E-state index < -0.39 is 6.09 Å². The molecule has 3 aromatic rings. The van der Waals surface area contributed by atoms with Crippen LogP contribution in [-0.2, 0) is 13.1 Å². The fourth-order valence-corrected chi connectivity index (χ4v) is 4.56. The van der Waals surface area contributed by atoms with Gasteiger partial charge in [-0.05, 0) is 61.6 Å². The van der Waals surface area contributed by atoms with Crippen molar-refractivity contribution in [3.05, 3.63) is 71.6 Å². The molecule has 0 atom stereocenters. The predicted octanol–water partition coefficient (Wildman–Crippen LogP) is 4.51. The smallest absolute Gasteiger partial charge is 0.408 e. The van der Waals surface area contributed by atoms with Crippen LogP contribution in [0.25, 0.3) is 5.69 Å². The van der Waals surface area contributed by atoms with E-state index in [0.717, 1.165) is 42.9 Å². The Labute approximate surface area is 179 Å². The van der Waals surface area contributed by atoms with Crippen LogP contribution in [0.1, 0.15) is 48.8 Å². The number of aromatic nitrogens is 3. The number of benzene rings is 2. The number of amides is 1. The molecular weight excluding hydrogens is 399 g/mol. The Kier molecular flexibility index (Phi) is 5.05. The van der Waals surface area contributed by atoms with Crippen molar-refractivity contribution in [2.45, 2.75) is 50.8 Å². The lowest BCUT2D eigenvalue weighted by Crippen LogP contribution is -2.28. The summed E-state index contributed by atoms with van der Waals surface area (Å²) in [5, 5.41) is 18.3. The summed E-state index contributed by atoms with van der Waals surface area (Å²) in [4.78, 5) is 12.9. The van der Waals surface area contributed by atoms with Crippen LogP contribution in [0.4, 0.5) is 9.18 Å². The first kappa shape index (κ1) is 19.5. The largest absolute Gasteiger partial charge is 0.490 e. The number of carboxylic acid groups (broad SMARTS) is 1. The number of carbonyl (C=O) groups is 1. The predicted molar refractivity (Wildman–Crippen MR) is 111 cm³/mol. The third kappa shape index (κ3) is 3.85. The zero-order valence-corrected chi connectivity index (χ0v) is 16.9. The molecule has 1 saturated carbocycles. The van der Waals surface area contributed by atoms with E-state index in [1.807, 2.05) is 34.9 Å². The van der Waals surface area contributed by atoms with Crippen molar-refractivity contribution in [2.75, 3.05) is 0 Å². The molecule has 2 aliphatic rings. The summed E-state index contributed by atoms with van der Waals surface area (Å²) in [6.45, 7) is 0.230. The van der Waals surface area contributed by atoms with Gasteiger partial charge in [-0.3, -0.25) is 9.47 Å². The van der Waals surface area contributed by atoms with Gasteiger partial charge in [-0.25, -0.2) is 9.18 Å². The average Bonchev–Trinajstić information content (AvgIpc) is 3.10. The Hall–Kier alpha value is -3.42. The van der Waals surface area contributed by atoms with Crippen LogP contribution < -0.4 is 4.74 Å². The normalized spacial score (nSPS) is 20.5. The van der Waals surface area contributed by atoms with Crippen LogP contribution in [0, 0.1) is 5.82 Å². The second-order valence-electron chi connectivity index (χ2n) is 8.13. The van der Waals surface area contributed by atoms with Crippen molar-refractivity contribution in [3.8, 4) is 11.4 Å². The first-order valence-electron chi connectivity index (χ1n) is 10.5. The molecule has 0 saturated heterocycles. The number of para-hydroxylation sites is 1. The highest BCUT2D eigenvalue weighted by atomic mass is 19.1. The monoisotopic (exact) mass is 422 g/mol. The van der Waals surface area contributed by atoms with Crippen LogP contribution in [0.3, 0.4) is 0 Å². The quantitative estimate of drug-likeness (QED) is 0.672. The summed E-state index contributed by atoms with van der Waals surface area (Å²) in [5.74, 6) is 2.05. The minimum absolute atomic E-state index is 0.114. The SMILES string of the molecule is O=C(O)N1Cc2cc(F)ccc2-n2c(nnc2[C@H]2CC[C@H](Oc3ccccc3)CC2)C1. The van der Waals surface area contributed by atoms with Gasteiger partial charge in [-0.15, -0.1) is 10.2 Å². The maximum absolute atomic E-state index is 13.9. The van der Waals surface area contributed by atoms with E-state index in [2.05, 4.69) is 10.2 Å². The number of hydrogen-bond donors (Lipinski definition) is 1. The molecule has 1 aromatic heterocycles. The molecule has 8 heteroatoms. The van der Waals surface area contributed by atoms with Gasteiger partial charge in [0.2, 0.25) is 0 Å². The highest BCUT2D eigenvalue weighted by Crippen LogP contribution is 2.36. The molecule has 2 heterocycles. The van der Waals surface area contributed by atoms with E-state index in [-0.39, 0.29) is 30.9 Å². The van der Waals surface area contributed by atoms with Gasteiger partial charge in [0.15, 0.2) is 5.82 Å². The molecule has 160 valence electrons. The number of nitrogens with zero attached hydrogens (tertiary/aromatic N) is 4. The zero-order chi connectivity index (χ0) is 21.4. The minimum atomic E-state index is -1.06. The fraction of sp³-hybridized carbons (Fsp3) is 0.348. The van der Waals surface area contributed by atoms with Crippen molar-refractivity contribution in [2.24, 2.45) is 0 Å². The van der Waals surface area contributed by atoms with Crippen LogP contribution in [-0.4, -0.2) is 37.0 Å². The van der Waals surface area contributed by atoms with Gasteiger partial charge in [-0.1, -0.05) is 18.2 Å². The molecular formula is C23H23FN4O3. The molecule has 1 N–H and O–H groups in total. The molecule has 31 heavy (non-hydrogen) atoms. The van der Waals surface area contributed by atoms with Crippen LogP contribution in [0.15, 0.2) is 48.5 Å². The summed E-state index contributed by atoms with van der Waals surface area (Å²) in [5.41, 5.74) is 1.37. The van der Waals surface area contributed by atoms with E-state index in [1.54, 1.807) is 6.07 Å². The summed E-state index contributed by atoms with van der Waals surface area (Å²) in [7, 11) is 0. The van der Waals surface area contributed by atoms with Crippen LogP contribution in [0.2, 0.25) is 0 Å². The molecule has 0 bridgehead atoms. The molecule has 0 radical (unpaired) electrons. The maximum Gasteiger partial charge on any atom is 0.408 e. The second-order valence-corrected chi connectivity index (χ2v) is 8.13. The Morgan fingerprint density at radius 3 is 2.55 bits per heavy atom. The molecule has 2 aromatic carbocycles. The number of hydrogen-bond acceptors (Lipinski definition) is 4. The van der Waals surface area contributed by atoms with Gasteiger partial charge in [0, 0.05) is 5.92 Å². The van der Waals surface area contributed by atoms with E-state index in [4.69, 9.17) is 4.74 Å². The van der Waals surface area contributed by atoms with Crippen molar-refractivity contribution in [3.63, 3.8) is 0 Å². The molecule has 1 aliphatic carbocycles. The molecule has 1 aliphatic heterocycles. The van der Waals surface area contributed by atoms with E-state index >= 15 is 0 Å². The second kappa shape index (κ2) is 8.02. The van der Waals surface area contributed by atoms with E-state index in [9.17, 15) is 14.3 Å². The topological polar surface area (TPSA) is 80.5 Å². The number of rotatable bonds is 3. The maximum atomic E-state index is 13.9. The Bertz CT molecular complexity index is 1090. The lowest BCUT2D eigenvalue weighted by molar-refractivity contribution is 0.138. The van der Waals surface area contributed by atoms with E-state index in [1.165, 1.54) is 17.0 Å². The summed E-state index contributed by atoms with van der Waals surface area (Å²) >= 11 is 0. The Morgan fingerprint density at radius 1 is 1.03 bits per heavy atom. The van der Waals surface area contributed by atoms with Gasteiger partial charge in [0.1, 0.15) is 17.4 Å². The summed E-state index contributed by atoms with van der Waals surface area (Å²) in [6, 6.07) is 14.3. The molecule has 5 rings (SSSR count). The number of ether oxygens (including phenoxy) is 1. The van der Waals surface area contributed by atoms with Gasteiger partial charge in [-0.2, -0.15) is 0 Å². The first-order valence-corrected chi connectivity index (χ1v) is 10.5. The molecule has 0 spiro atoms. The van der Waals surface area contributed by atoms with Crippen molar-refractivity contribution in [1.29, 1.82) is 0 Å². The molecule has 7 nitrogen and oxygen atoms in total. The summed E-state index contributed by atoms with van der Waals surface area (Å²) < 4.78 is 22.0. The molecule has 0 unspecified atom stereocenters. The van der Waals surface area contributed by atoms with Crippen molar-refractivity contribution < 1.29 is 19.0 Å². The van der Waals surface area contributed by atoms with Gasteiger partial charge < -0.3 is 9.84 Å². The number of fused-ring (bicyclic) bond motifs is 3. The average molecular weight is 422 g/mol. The first-order chi connectivity index (χ1) is 15.1. The van der Waals surface area contributed by atoms with Gasteiger partial charge in [0.05, 0.1) is 24.9 Å². The highest BCUT2D eigenvalue weighted by molar-refractivity contribution is 5.65. The lowest BCUT2D eigenvalue weighted by Gasteiger charge is -2.29. The van der Waals surface area contributed by atoms with Crippen molar-refractivity contribution >= 4 is 6.09 Å². The third-order valence-electron chi connectivity index (χ3n) is 6.09. The van der Waals surface area contributed by atoms with Gasteiger partial charge in [0.25, 0.3) is 0 Å². The molecule has 1 fully saturated rings. The fourth-order valence-electron chi connectivity index (χ4n) is 4.56. The third-order valence-corrected chi connectivity index (χ3v) is 6.09. The van der Waals surface area contributed by atoms with E-state index in [0.29, 0.717) is 11.4 Å². The Morgan fingerprint density at radius 2 is 1.81 bits per heavy atom. The highest BCUT2D eigenvalue weighted by Gasteiger charge is 2.32. The summed E-state index contributed by atoms with van der Waals surface area (Å²) in [6.07, 6.45) is 2.70. The zero-order valence-electron chi connectivity index (χ0n) is 16.9. The number of halogens is 1. The van der Waals surface area contributed by atoms with Crippen LogP contribution in [0.5, 0.6) is 5.75 Å².